The van der Waals surface area contributed by atoms with E-state index in [1.165, 1.54) is 0 Å². The van der Waals surface area contributed by atoms with Crippen LogP contribution in [0.15, 0.2) is 48.9 Å². The molecule has 0 spiro atoms. The zero-order valence-corrected chi connectivity index (χ0v) is 16.3. The number of aromatic nitrogens is 4. The van der Waals surface area contributed by atoms with Crippen molar-refractivity contribution in [1.82, 2.24) is 24.8 Å². The first-order valence-electron chi connectivity index (χ1n) is 9.42. The number of hydrogen-bond acceptors (Lipinski definition) is 5. The molecule has 1 fully saturated rings. The Hall–Kier alpha value is -3.22. The Bertz CT molecular complexity index is 975. The second-order valence-corrected chi connectivity index (χ2v) is 7.40. The van der Waals surface area contributed by atoms with Crippen molar-refractivity contribution in [2.75, 3.05) is 19.0 Å². The average Bonchev–Trinajstić information content (AvgIpc) is 3.47. The van der Waals surface area contributed by atoms with Gasteiger partial charge in [-0.3, -0.25) is 4.79 Å². The van der Waals surface area contributed by atoms with Crippen LogP contribution in [0, 0.1) is 5.92 Å². The van der Waals surface area contributed by atoms with Gasteiger partial charge in [-0.1, -0.05) is 12.1 Å². The Balaban J connectivity index is 1.51. The summed E-state index contributed by atoms with van der Waals surface area (Å²) in [5.74, 6) is 2.76. The molecule has 2 heterocycles. The van der Waals surface area contributed by atoms with Gasteiger partial charge in [0.15, 0.2) is 5.82 Å². The molecule has 3 aromatic rings. The predicted molar refractivity (Wildman–Crippen MR) is 108 cm³/mol. The van der Waals surface area contributed by atoms with Crippen molar-refractivity contribution in [3.05, 3.63) is 60.3 Å². The largest absolute Gasteiger partial charge is 0.363 e. The standard InChI is InChI=1S/C21H24N6O/c1-26(2)17-10-11-22-19(24-17)15-6-8-16(9-7-15)21(28)25-18(14-4-5-14)20-23-12-13-27(20)3/h6-14,18H,4-5H2,1-3H3,(H,25,28)/t18-/m0/s1. The van der Waals surface area contributed by atoms with Gasteiger partial charge in [0.2, 0.25) is 0 Å². The lowest BCUT2D eigenvalue weighted by atomic mass is 10.1. The Morgan fingerprint density at radius 1 is 1.14 bits per heavy atom. The number of nitrogens with zero attached hydrogens (tertiary/aromatic N) is 5. The van der Waals surface area contributed by atoms with Crippen LogP contribution in [0.3, 0.4) is 0 Å². The molecule has 1 atom stereocenters. The molecule has 1 saturated carbocycles. The summed E-state index contributed by atoms with van der Waals surface area (Å²) in [6, 6.07) is 9.22. The van der Waals surface area contributed by atoms with Crippen molar-refractivity contribution in [2.24, 2.45) is 13.0 Å². The van der Waals surface area contributed by atoms with E-state index in [0.717, 1.165) is 30.0 Å². The second kappa shape index (κ2) is 7.42. The predicted octanol–water partition coefficient (Wildman–Crippen LogP) is 2.82. The van der Waals surface area contributed by atoms with E-state index in [0.29, 0.717) is 17.3 Å². The monoisotopic (exact) mass is 376 g/mol. The Labute approximate surface area is 164 Å². The number of benzene rings is 1. The number of rotatable bonds is 6. The number of carbonyl (C=O) groups excluding carboxylic acids is 1. The van der Waals surface area contributed by atoms with E-state index in [1.54, 1.807) is 12.4 Å². The average molecular weight is 376 g/mol. The summed E-state index contributed by atoms with van der Waals surface area (Å²) in [6.07, 6.45) is 7.67. The van der Waals surface area contributed by atoms with Crippen LogP contribution in [-0.2, 0) is 7.05 Å². The van der Waals surface area contributed by atoms with Gasteiger partial charge in [-0.2, -0.15) is 0 Å². The van der Waals surface area contributed by atoms with Crippen LogP contribution in [0.25, 0.3) is 11.4 Å². The maximum Gasteiger partial charge on any atom is 0.251 e. The van der Waals surface area contributed by atoms with E-state index in [4.69, 9.17) is 0 Å². The Morgan fingerprint density at radius 3 is 2.50 bits per heavy atom. The number of nitrogens with one attached hydrogen (secondary N) is 1. The van der Waals surface area contributed by atoms with Crippen molar-refractivity contribution in [1.29, 1.82) is 0 Å². The van der Waals surface area contributed by atoms with Gasteiger partial charge in [-0.15, -0.1) is 0 Å². The second-order valence-electron chi connectivity index (χ2n) is 7.40. The zero-order valence-electron chi connectivity index (χ0n) is 16.3. The van der Waals surface area contributed by atoms with Gasteiger partial charge in [-0.25, -0.2) is 15.0 Å². The van der Waals surface area contributed by atoms with Gasteiger partial charge in [0.05, 0.1) is 6.04 Å². The fraction of sp³-hybridized carbons (Fsp3) is 0.333. The molecule has 1 amide bonds. The van der Waals surface area contributed by atoms with Gasteiger partial charge >= 0.3 is 0 Å². The first-order chi connectivity index (χ1) is 13.5. The Kier molecular flexibility index (Phi) is 4.81. The molecule has 28 heavy (non-hydrogen) atoms. The highest BCUT2D eigenvalue weighted by molar-refractivity contribution is 5.94. The lowest BCUT2D eigenvalue weighted by Gasteiger charge is -2.18. The molecule has 0 unspecified atom stereocenters. The van der Waals surface area contributed by atoms with Gasteiger partial charge in [0.25, 0.3) is 5.91 Å². The molecule has 7 nitrogen and oxygen atoms in total. The third-order valence-corrected chi connectivity index (χ3v) is 5.02. The van der Waals surface area contributed by atoms with Crippen LogP contribution in [-0.4, -0.2) is 39.5 Å². The van der Waals surface area contributed by atoms with Crippen molar-refractivity contribution in [3.63, 3.8) is 0 Å². The summed E-state index contributed by atoms with van der Waals surface area (Å²) in [4.78, 5) is 28.0. The lowest BCUT2D eigenvalue weighted by Crippen LogP contribution is -2.31. The number of anilines is 1. The van der Waals surface area contributed by atoms with Crippen LogP contribution in [0.5, 0.6) is 0 Å². The normalized spacial score (nSPS) is 14.5. The van der Waals surface area contributed by atoms with Crippen LogP contribution < -0.4 is 10.2 Å². The van der Waals surface area contributed by atoms with Gasteiger partial charge in [0.1, 0.15) is 11.6 Å². The maximum atomic E-state index is 12.8. The molecule has 0 aliphatic heterocycles. The topological polar surface area (TPSA) is 75.9 Å². The number of aryl methyl sites for hydroxylation is 1. The van der Waals surface area contributed by atoms with E-state index in [1.807, 2.05) is 67.1 Å². The number of imidazole rings is 1. The minimum atomic E-state index is -0.0885. The molecule has 1 aliphatic carbocycles. The summed E-state index contributed by atoms with van der Waals surface area (Å²) >= 11 is 0. The molecule has 1 aliphatic rings. The summed E-state index contributed by atoms with van der Waals surface area (Å²) in [6.45, 7) is 0. The zero-order chi connectivity index (χ0) is 19.7. The van der Waals surface area contributed by atoms with E-state index < -0.39 is 0 Å². The summed E-state index contributed by atoms with van der Waals surface area (Å²) in [7, 11) is 5.84. The quantitative estimate of drug-likeness (QED) is 0.716. The molecule has 1 aromatic carbocycles. The van der Waals surface area contributed by atoms with E-state index in [9.17, 15) is 4.79 Å². The highest BCUT2D eigenvalue weighted by atomic mass is 16.1. The third kappa shape index (κ3) is 3.74. The molecular weight excluding hydrogens is 352 g/mol. The third-order valence-electron chi connectivity index (χ3n) is 5.02. The Morgan fingerprint density at radius 2 is 1.89 bits per heavy atom. The van der Waals surface area contributed by atoms with Crippen LogP contribution in [0.1, 0.15) is 35.1 Å². The lowest BCUT2D eigenvalue weighted by molar-refractivity contribution is 0.0929. The van der Waals surface area contributed by atoms with E-state index in [2.05, 4.69) is 20.3 Å². The minimum absolute atomic E-state index is 0.0488. The van der Waals surface area contributed by atoms with E-state index >= 15 is 0 Å². The van der Waals surface area contributed by atoms with Crippen molar-refractivity contribution in [2.45, 2.75) is 18.9 Å². The van der Waals surface area contributed by atoms with E-state index in [-0.39, 0.29) is 11.9 Å². The van der Waals surface area contributed by atoms with Gasteiger partial charge in [0, 0.05) is 50.9 Å². The summed E-state index contributed by atoms with van der Waals surface area (Å²) in [5, 5.41) is 3.16. The van der Waals surface area contributed by atoms with Gasteiger partial charge in [-0.05, 0) is 37.0 Å². The SMILES string of the molecule is CN(C)c1ccnc(-c2ccc(C(=O)N[C@H](c3nccn3C)C3CC3)cc2)n1. The number of hydrogen-bond donors (Lipinski definition) is 1. The first-order valence-corrected chi connectivity index (χ1v) is 9.42. The van der Waals surface area contributed by atoms with Crippen molar-refractivity contribution < 1.29 is 4.79 Å². The van der Waals surface area contributed by atoms with Gasteiger partial charge < -0.3 is 14.8 Å². The van der Waals surface area contributed by atoms with Crippen LogP contribution in [0.4, 0.5) is 5.82 Å². The smallest absolute Gasteiger partial charge is 0.251 e. The highest BCUT2D eigenvalue weighted by Crippen LogP contribution is 2.40. The molecular formula is C21H24N6O. The molecule has 0 saturated heterocycles. The molecule has 4 rings (SSSR count). The fourth-order valence-corrected chi connectivity index (χ4v) is 3.23. The summed E-state index contributed by atoms with van der Waals surface area (Å²) < 4.78 is 1.97. The molecule has 1 N–H and O–H groups in total. The highest BCUT2D eigenvalue weighted by Gasteiger charge is 2.35. The molecule has 2 aromatic heterocycles. The summed E-state index contributed by atoms with van der Waals surface area (Å²) in [5.41, 5.74) is 1.50. The number of carbonyl (C=O) groups is 1. The van der Waals surface area contributed by atoms with Crippen LogP contribution in [0.2, 0.25) is 0 Å². The fourth-order valence-electron chi connectivity index (χ4n) is 3.23. The van der Waals surface area contributed by atoms with Crippen molar-refractivity contribution >= 4 is 11.7 Å². The first kappa shape index (κ1) is 18.2. The molecule has 7 heteroatoms. The molecule has 0 radical (unpaired) electrons. The van der Waals surface area contributed by atoms with Crippen molar-refractivity contribution in [3.8, 4) is 11.4 Å². The van der Waals surface area contributed by atoms with Crippen LogP contribution >= 0.6 is 0 Å². The molecule has 144 valence electrons. The minimum Gasteiger partial charge on any atom is -0.363 e. The maximum absolute atomic E-state index is 12.8. The molecule has 0 bridgehead atoms. The number of amides is 1.